The number of rotatable bonds is 9. The molecule has 0 spiro atoms. The van der Waals surface area contributed by atoms with Crippen LogP contribution < -0.4 is 5.32 Å². The van der Waals surface area contributed by atoms with Gasteiger partial charge in [-0.2, -0.15) is 4.31 Å². The zero-order chi connectivity index (χ0) is 21.6. The molecule has 1 amide bonds. The highest BCUT2D eigenvalue weighted by Gasteiger charge is 2.25. The summed E-state index contributed by atoms with van der Waals surface area (Å²) in [7, 11) is -1.38. The average Bonchev–Trinajstić information content (AvgIpc) is 3.22. The summed E-state index contributed by atoms with van der Waals surface area (Å²) in [5, 5.41) is 4.50. The van der Waals surface area contributed by atoms with Gasteiger partial charge < -0.3 is 10.1 Å². The Hall–Kier alpha value is -2.56. The Bertz CT molecular complexity index is 969. The van der Waals surface area contributed by atoms with Crippen LogP contribution in [0.4, 0.5) is 0 Å². The maximum atomic E-state index is 12.7. The van der Waals surface area contributed by atoms with Crippen molar-refractivity contribution in [2.45, 2.75) is 24.3 Å². The summed E-state index contributed by atoms with van der Waals surface area (Å²) in [5.41, 5.74) is 0.394. The standard InChI is InChI=1S/C19H22N2O6S2/c1-13(22)14-6-8-15(9-7-14)29(25,26)21(2)12-18(23)20-16(11-19(24)27-3)17-5-4-10-28-17/h4-10,16H,11-12H2,1-3H3,(H,20,23). The molecule has 0 saturated carbocycles. The number of carbonyl (C=O) groups excluding carboxylic acids is 3. The molecular weight excluding hydrogens is 416 g/mol. The molecule has 156 valence electrons. The van der Waals surface area contributed by atoms with Crippen molar-refractivity contribution in [1.29, 1.82) is 0 Å². The maximum Gasteiger partial charge on any atom is 0.307 e. The first kappa shape index (κ1) is 22.7. The topological polar surface area (TPSA) is 110 Å². The molecule has 1 heterocycles. The van der Waals surface area contributed by atoms with Crippen LogP contribution >= 0.6 is 11.3 Å². The molecule has 2 aromatic rings. The van der Waals surface area contributed by atoms with Crippen LogP contribution in [0.5, 0.6) is 0 Å². The quantitative estimate of drug-likeness (QED) is 0.474. The number of methoxy groups -OCH3 is 1. The molecule has 0 fully saturated rings. The molecule has 1 unspecified atom stereocenters. The molecule has 0 bridgehead atoms. The number of thiophene rings is 1. The molecule has 0 saturated heterocycles. The van der Waals surface area contributed by atoms with Gasteiger partial charge in [-0.25, -0.2) is 8.42 Å². The monoisotopic (exact) mass is 438 g/mol. The molecule has 2 rings (SSSR count). The van der Waals surface area contributed by atoms with Gasteiger partial charge in [0.05, 0.1) is 31.0 Å². The Balaban J connectivity index is 2.09. The van der Waals surface area contributed by atoms with E-state index in [4.69, 9.17) is 0 Å². The zero-order valence-corrected chi connectivity index (χ0v) is 17.9. The molecule has 10 heteroatoms. The Morgan fingerprint density at radius 3 is 2.34 bits per heavy atom. The van der Waals surface area contributed by atoms with Crippen molar-refractivity contribution < 1.29 is 27.5 Å². The van der Waals surface area contributed by atoms with E-state index in [1.54, 1.807) is 12.1 Å². The van der Waals surface area contributed by atoms with Crippen LogP contribution in [0.1, 0.15) is 34.6 Å². The fourth-order valence-electron chi connectivity index (χ4n) is 2.53. The summed E-state index contributed by atoms with van der Waals surface area (Å²) in [5.74, 6) is -1.22. The lowest BCUT2D eigenvalue weighted by Crippen LogP contribution is -2.40. The fraction of sp³-hybridized carbons (Fsp3) is 0.316. The molecular formula is C19H22N2O6S2. The first-order valence-electron chi connectivity index (χ1n) is 8.62. The van der Waals surface area contributed by atoms with Gasteiger partial charge in [0, 0.05) is 17.5 Å². The van der Waals surface area contributed by atoms with E-state index in [1.807, 2.05) is 5.38 Å². The Morgan fingerprint density at radius 1 is 1.17 bits per heavy atom. The number of amides is 1. The SMILES string of the molecule is COC(=O)CC(NC(=O)CN(C)S(=O)(=O)c1ccc(C(C)=O)cc1)c1cccs1. The lowest BCUT2D eigenvalue weighted by atomic mass is 10.1. The molecule has 29 heavy (non-hydrogen) atoms. The average molecular weight is 439 g/mol. The van der Waals surface area contributed by atoms with Gasteiger partial charge in [0.1, 0.15) is 0 Å². The van der Waals surface area contributed by atoms with Crippen LogP contribution in [-0.4, -0.2) is 51.1 Å². The Kier molecular flexibility index (Phi) is 7.66. The number of benzene rings is 1. The van der Waals surface area contributed by atoms with Crippen LogP contribution in [-0.2, 0) is 24.3 Å². The van der Waals surface area contributed by atoms with Gasteiger partial charge in [0.25, 0.3) is 0 Å². The molecule has 1 N–H and O–H groups in total. The predicted octanol–water partition coefficient (Wildman–Crippen LogP) is 1.99. The fourth-order valence-corrected chi connectivity index (χ4v) is 4.44. The number of carbonyl (C=O) groups is 3. The molecule has 1 atom stereocenters. The smallest absolute Gasteiger partial charge is 0.307 e. The zero-order valence-electron chi connectivity index (χ0n) is 16.2. The van der Waals surface area contributed by atoms with Gasteiger partial charge in [0.2, 0.25) is 15.9 Å². The highest BCUT2D eigenvalue weighted by Crippen LogP contribution is 2.23. The number of ether oxygens (including phenoxy) is 1. The number of hydrogen-bond acceptors (Lipinski definition) is 7. The van der Waals surface area contributed by atoms with E-state index >= 15 is 0 Å². The van der Waals surface area contributed by atoms with Crippen LogP contribution in [0.15, 0.2) is 46.7 Å². The van der Waals surface area contributed by atoms with E-state index in [9.17, 15) is 22.8 Å². The van der Waals surface area contributed by atoms with Crippen molar-refractivity contribution in [3.63, 3.8) is 0 Å². The van der Waals surface area contributed by atoms with Crippen molar-refractivity contribution in [2.75, 3.05) is 20.7 Å². The number of hydrogen-bond donors (Lipinski definition) is 1. The summed E-state index contributed by atoms with van der Waals surface area (Å²) in [6.45, 7) is 0.956. The second-order valence-corrected chi connectivity index (χ2v) is 9.28. The summed E-state index contributed by atoms with van der Waals surface area (Å²) in [4.78, 5) is 36.2. The number of Topliss-reactive ketones (excluding diaryl/α,β-unsaturated/α-hetero) is 1. The van der Waals surface area contributed by atoms with E-state index in [-0.39, 0.29) is 17.1 Å². The van der Waals surface area contributed by atoms with Gasteiger partial charge in [-0.1, -0.05) is 18.2 Å². The van der Waals surface area contributed by atoms with Gasteiger partial charge in [-0.3, -0.25) is 14.4 Å². The molecule has 1 aromatic heterocycles. The Morgan fingerprint density at radius 2 is 1.83 bits per heavy atom. The number of ketones is 1. The largest absolute Gasteiger partial charge is 0.469 e. The number of nitrogens with one attached hydrogen (secondary N) is 1. The van der Waals surface area contributed by atoms with Gasteiger partial charge in [0.15, 0.2) is 5.78 Å². The minimum atomic E-state index is -3.92. The summed E-state index contributed by atoms with van der Waals surface area (Å²) < 4.78 is 30.9. The van der Waals surface area contributed by atoms with E-state index in [0.717, 1.165) is 9.18 Å². The molecule has 0 aliphatic carbocycles. The minimum Gasteiger partial charge on any atom is -0.469 e. The maximum absolute atomic E-state index is 12.7. The third kappa shape index (κ3) is 5.96. The van der Waals surface area contributed by atoms with Gasteiger partial charge in [-0.05, 0) is 30.5 Å². The first-order chi connectivity index (χ1) is 13.6. The van der Waals surface area contributed by atoms with Crippen LogP contribution in [0.25, 0.3) is 0 Å². The van der Waals surface area contributed by atoms with Crippen molar-refractivity contribution >= 4 is 39.0 Å². The molecule has 0 aliphatic heterocycles. The summed E-state index contributed by atoms with van der Waals surface area (Å²) in [6.07, 6.45) is -0.0638. The summed E-state index contributed by atoms with van der Waals surface area (Å²) >= 11 is 1.37. The van der Waals surface area contributed by atoms with E-state index < -0.39 is 34.5 Å². The van der Waals surface area contributed by atoms with Crippen LogP contribution in [0, 0.1) is 0 Å². The highest BCUT2D eigenvalue weighted by atomic mass is 32.2. The molecule has 1 aromatic carbocycles. The number of nitrogens with zero attached hydrogens (tertiary/aromatic N) is 1. The lowest BCUT2D eigenvalue weighted by molar-refractivity contribution is -0.141. The summed E-state index contributed by atoms with van der Waals surface area (Å²) in [6, 6.07) is 8.45. The highest BCUT2D eigenvalue weighted by molar-refractivity contribution is 7.89. The van der Waals surface area contributed by atoms with Crippen molar-refractivity contribution in [3.8, 4) is 0 Å². The van der Waals surface area contributed by atoms with Gasteiger partial charge >= 0.3 is 5.97 Å². The third-order valence-corrected chi connectivity index (χ3v) is 6.96. The van der Waals surface area contributed by atoms with Crippen molar-refractivity contribution in [2.24, 2.45) is 0 Å². The number of sulfonamides is 1. The van der Waals surface area contributed by atoms with Crippen LogP contribution in [0.2, 0.25) is 0 Å². The van der Waals surface area contributed by atoms with Crippen LogP contribution in [0.3, 0.4) is 0 Å². The number of likely N-dealkylation sites (N-methyl/N-ethyl adjacent to an activating group) is 1. The molecule has 0 radical (unpaired) electrons. The Labute approximate surface area is 173 Å². The number of esters is 1. The normalized spacial score (nSPS) is 12.4. The minimum absolute atomic E-state index is 0.0258. The van der Waals surface area contributed by atoms with E-state index in [2.05, 4.69) is 10.1 Å². The second-order valence-electron chi connectivity index (χ2n) is 6.26. The molecule has 0 aliphatic rings. The third-order valence-electron chi connectivity index (χ3n) is 4.16. The second kappa shape index (κ2) is 9.77. The van der Waals surface area contributed by atoms with E-state index in [1.165, 1.54) is 56.7 Å². The van der Waals surface area contributed by atoms with E-state index in [0.29, 0.717) is 5.56 Å². The van der Waals surface area contributed by atoms with Gasteiger partial charge in [-0.15, -0.1) is 11.3 Å². The van der Waals surface area contributed by atoms with Crippen molar-refractivity contribution in [1.82, 2.24) is 9.62 Å². The molecule has 8 nitrogen and oxygen atoms in total. The lowest BCUT2D eigenvalue weighted by Gasteiger charge is -2.20. The van der Waals surface area contributed by atoms with Crippen molar-refractivity contribution in [3.05, 3.63) is 52.2 Å². The predicted molar refractivity (Wildman–Crippen MR) is 108 cm³/mol. The first-order valence-corrected chi connectivity index (χ1v) is 10.9.